The van der Waals surface area contributed by atoms with Crippen LogP contribution in [0.1, 0.15) is 28.2 Å². The molecule has 0 bridgehead atoms. The minimum Gasteiger partial charge on any atom is -0.465 e. The van der Waals surface area contributed by atoms with Gasteiger partial charge in [0, 0.05) is 18.7 Å². The van der Waals surface area contributed by atoms with Crippen molar-refractivity contribution >= 4 is 28.6 Å². The summed E-state index contributed by atoms with van der Waals surface area (Å²) in [6.45, 7) is 3.91. The number of nitrogens with zero attached hydrogens (tertiary/aromatic N) is 4. The summed E-state index contributed by atoms with van der Waals surface area (Å²) in [6, 6.07) is 14.2. The number of ether oxygens (including phenoxy) is 1. The van der Waals surface area contributed by atoms with E-state index in [1.807, 2.05) is 31.2 Å². The number of anilines is 1. The van der Waals surface area contributed by atoms with Gasteiger partial charge in [0.15, 0.2) is 5.65 Å². The molecule has 0 aliphatic rings. The second kappa shape index (κ2) is 9.07. The lowest BCUT2D eigenvalue weighted by atomic mass is 10.2. The zero-order valence-corrected chi connectivity index (χ0v) is 18.5. The Morgan fingerprint density at radius 3 is 2.39 bits per heavy atom. The molecule has 0 fully saturated rings. The molecular weight excluding hydrogens is 422 g/mol. The lowest BCUT2D eigenvalue weighted by Gasteiger charge is -2.11. The van der Waals surface area contributed by atoms with Crippen LogP contribution in [0.3, 0.4) is 0 Å². The predicted octanol–water partition coefficient (Wildman–Crippen LogP) is 3.01. The fraction of sp³-hybridized carbons (Fsp3) is 0.208. The normalized spacial score (nSPS) is 10.9. The van der Waals surface area contributed by atoms with Crippen molar-refractivity contribution in [2.24, 2.45) is 0 Å². The number of carbonyl (C=O) groups is 2. The molecule has 1 amide bonds. The van der Waals surface area contributed by atoms with E-state index in [4.69, 9.17) is 0 Å². The van der Waals surface area contributed by atoms with Gasteiger partial charge in [0.1, 0.15) is 11.2 Å². The third kappa shape index (κ3) is 4.52. The molecule has 2 aromatic heterocycles. The molecule has 0 atom stereocenters. The maximum absolute atomic E-state index is 13.0. The molecule has 4 rings (SSSR count). The topological polar surface area (TPSA) is 108 Å². The fourth-order valence-electron chi connectivity index (χ4n) is 3.49. The highest BCUT2D eigenvalue weighted by atomic mass is 16.5. The summed E-state index contributed by atoms with van der Waals surface area (Å²) in [5, 5.41) is 7.49. The van der Waals surface area contributed by atoms with E-state index in [-0.39, 0.29) is 24.4 Å². The van der Waals surface area contributed by atoms with E-state index in [1.165, 1.54) is 17.9 Å². The van der Waals surface area contributed by atoms with Crippen LogP contribution in [0.2, 0.25) is 0 Å². The van der Waals surface area contributed by atoms with E-state index in [0.29, 0.717) is 28.1 Å². The van der Waals surface area contributed by atoms with E-state index in [2.05, 4.69) is 20.1 Å². The zero-order chi connectivity index (χ0) is 23.5. The van der Waals surface area contributed by atoms with Crippen molar-refractivity contribution in [2.45, 2.75) is 26.8 Å². The molecule has 0 saturated heterocycles. The maximum Gasteiger partial charge on any atom is 0.337 e. The number of fused-ring (bicyclic) bond motifs is 1. The van der Waals surface area contributed by atoms with Crippen LogP contribution in [0.25, 0.3) is 16.7 Å². The molecule has 0 saturated carbocycles. The van der Waals surface area contributed by atoms with E-state index in [0.717, 1.165) is 11.3 Å². The van der Waals surface area contributed by atoms with Gasteiger partial charge in [-0.15, -0.1) is 0 Å². The molecule has 0 aliphatic carbocycles. The van der Waals surface area contributed by atoms with Crippen LogP contribution in [0.4, 0.5) is 5.69 Å². The molecule has 9 nitrogen and oxygen atoms in total. The lowest BCUT2D eigenvalue weighted by molar-refractivity contribution is -0.116. The summed E-state index contributed by atoms with van der Waals surface area (Å²) in [5.41, 5.74) is 3.11. The van der Waals surface area contributed by atoms with Crippen molar-refractivity contribution in [1.29, 1.82) is 0 Å². The first-order chi connectivity index (χ1) is 15.9. The smallest absolute Gasteiger partial charge is 0.337 e. The Bertz CT molecular complexity index is 1390. The van der Waals surface area contributed by atoms with E-state index in [9.17, 15) is 14.4 Å². The van der Waals surface area contributed by atoms with Crippen molar-refractivity contribution in [3.05, 3.63) is 82.0 Å². The highest BCUT2D eigenvalue weighted by Gasteiger charge is 2.15. The molecule has 168 valence electrons. The number of hydrogen-bond acceptors (Lipinski definition) is 6. The quantitative estimate of drug-likeness (QED) is 0.457. The van der Waals surface area contributed by atoms with Crippen LogP contribution in [-0.4, -0.2) is 38.3 Å². The van der Waals surface area contributed by atoms with Gasteiger partial charge in [-0.1, -0.05) is 17.7 Å². The standard InChI is InChI=1S/C24H23N5O4/c1-15-4-10-19(11-5-15)29-22-20(14-25-29)23(31)28(16(2)26-22)13-12-21(30)27-18-8-6-17(7-9-18)24(32)33-3/h4-11,14H,12-13H2,1-3H3,(H,27,30). The van der Waals surface area contributed by atoms with Gasteiger partial charge in [0.2, 0.25) is 5.91 Å². The lowest BCUT2D eigenvalue weighted by Crippen LogP contribution is -2.26. The van der Waals surface area contributed by atoms with Crippen LogP contribution in [-0.2, 0) is 16.1 Å². The number of hydrogen-bond donors (Lipinski definition) is 1. The summed E-state index contributed by atoms with van der Waals surface area (Å²) in [7, 11) is 1.31. The summed E-state index contributed by atoms with van der Waals surface area (Å²) in [4.78, 5) is 41.5. The summed E-state index contributed by atoms with van der Waals surface area (Å²) in [5.74, 6) is -0.213. The summed E-state index contributed by atoms with van der Waals surface area (Å²) >= 11 is 0. The Labute approximate surface area is 189 Å². The number of rotatable bonds is 6. The van der Waals surface area contributed by atoms with E-state index in [1.54, 1.807) is 35.9 Å². The largest absolute Gasteiger partial charge is 0.465 e. The first-order valence-corrected chi connectivity index (χ1v) is 10.4. The van der Waals surface area contributed by atoms with Crippen LogP contribution in [0.15, 0.2) is 59.5 Å². The monoisotopic (exact) mass is 445 g/mol. The number of benzene rings is 2. The number of esters is 1. The van der Waals surface area contributed by atoms with Gasteiger partial charge in [-0.3, -0.25) is 14.2 Å². The minimum absolute atomic E-state index is 0.0821. The molecule has 4 aromatic rings. The molecule has 9 heteroatoms. The molecule has 2 aromatic carbocycles. The average Bonchev–Trinajstić information content (AvgIpc) is 3.23. The molecule has 0 aliphatic heterocycles. The van der Waals surface area contributed by atoms with Crippen molar-refractivity contribution in [3.8, 4) is 5.69 Å². The van der Waals surface area contributed by atoms with Crippen molar-refractivity contribution < 1.29 is 14.3 Å². The number of aromatic nitrogens is 4. The molecule has 0 spiro atoms. The number of methoxy groups -OCH3 is 1. The van der Waals surface area contributed by atoms with Gasteiger partial charge in [0.25, 0.3) is 5.56 Å². The molecule has 2 heterocycles. The molecule has 33 heavy (non-hydrogen) atoms. The van der Waals surface area contributed by atoms with Crippen molar-refractivity contribution in [2.75, 3.05) is 12.4 Å². The first-order valence-electron chi connectivity index (χ1n) is 10.4. The van der Waals surface area contributed by atoms with E-state index < -0.39 is 5.97 Å². The Hall–Kier alpha value is -4.27. The number of amides is 1. The second-order valence-electron chi connectivity index (χ2n) is 7.61. The Kier molecular flexibility index (Phi) is 6.03. The fourth-order valence-corrected chi connectivity index (χ4v) is 3.49. The van der Waals surface area contributed by atoms with Gasteiger partial charge >= 0.3 is 5.97 Å². The highest BCUT2D eigenvalue weighted by Crippen LogP contribution is 2.16. The SMILES string of the molecule is COC(=O)c1ccc(NC(=O)CCn2c(C)nc3c(cnn3-c3ccc(C)cc3)c2=O)cc1. The van der Waals surface area contributed by atoms with E-state index >= 15 is 0 Å². The van der Waals surface area contributed by atoms with Crippen LogP contribution in [0, 0.1) is 13.8 Å². The van der Waals surface area contributed by atoms with Crippen LogP contribution in [0.5, 0.6) is 0 Å². The van der Waals surface area contributed by atoms with Gasteiger partial charge < -0.3 is 10.1 Å². The third-order valence-electron chi connectivity index (χ3n) is 5.31. The number of aryl methyl sites for hydroxylation is 2. The number of carbonyl (C=O) groups excluding carboxylic acids is 2. The average molecular weight is 445 g/mol. The van der Waals surface area contributed by atoms with Gasteiger partial charge in [-0.05, 0) is 50.2 Å². The summed E-state index contributed by atoms with van der Waals surface area (Å²) in [6.07, 6.45) is 1.59. The van der Waals surface area contributed by atoms with Crippen molar-refractivity contribution in [1.82, 2.24) is 19.3 Å². The Morgan fingerprint density at radius 2 is 1.73 bits per heavy atom. The highest BCUT2D eigenvalue weighted by molar-refractivity contribution is 5.93. The maximum atomic E-state index is 13.0. The predicted molar refractivity (Wildman–Crippen MR) is 124 cm³/mol. The van der Waals surface area contributed by atoms with Gasteiger partial charge in [-0.2, -0.15) is 5.10 Å². The van der Waals surface area contributed by atoms with Gasteiger partial charge in [0.05, 0.1) is 24.6 Å². The Balaban J connectivity index is 1.50. The third-order valence-corrected chi connectivity index (χ3v) is 5.31. The van der Waals surface area contributed by atoms with Crippen LogP contribution < -0.4 is 10.9 Å². The van der Waals surface area contributed by atoms with Crippen LogP contribution >= 0.6 is 0 Å². The molecule has 0 radical (unpaired) electrons. The second-order valence-corrected chi connectivity index (χ2v) is 7.61. The molecular formula is C24H23N5O4. The zero-order valence-electron chi connectivity index (χ0n) is 18.5. The van der Waals surface area contributed by atoms with Gasteiger partial charge in [-0.25, -0.2) is 14.5 Å². The van der Waals surface area contributed by atoms with Crippen molar-refractivity contribution in [3.63, 3.8) is 0 Å². The number of nitrogens with one attached hydrogen (secondary N) is 1. The first kappa shape index (κ1) is 21.9. The minimum atomic E-state index is -0.448. The molecule has 0 unspecified atom stereocenters. The Morgan fingerprint density at radius 1 is 1.03 bits per heavy atom. The molecule has 1 N–H and O–H groups in total. The summed E-state index contributed by atoms with van der Waals surface area (Å²) < 4.78 is 7.77.